The van der Waals surface area contributed by atoms with Gasteiger partial charge in [-0.2, -0.15) is 0 Å². The van der Waals surface area contributed by atoms with Gasteiger partial charge in [0.25, 0.3) is 0 Å². The lowest BCUT2D eigenvalue weighted by Crippen LogP contribution is -1.85. The molecular formula is C9H10ClS. The Balaban J connectivity index is 2.39. The molecule has 59 valence electrons. The molecule has 0 spiro atoms. The fourth-order valence-electron chi connectivity index (χ4n) is 0.761. The van der Waals surface area contributed by atoms with Crippen molar-refractivity contribution in [1.82, 2.24) is 0 Å². The predicted molar refractivity (Wildman–Crippen MR) is 52.7 cm³/mol. The van der Waals surface area contributed by atoms with E-state index in [-0.39, 0.29) is 4.71 Å². The smallest absolute Gasteiger partial charge is 0.0793 e. The first-order valence-corrected chi connectivity index (χ1v) is 4.90. The Morgan fingerprint density at radius 3 is 2.55 bits per heavy atom. The van der Waals surface area contributed by atoms with Crippen molar-refractivity contribution in [3.05, 3.63) is 42.8 Å². The highest BCUT2D eigenvalue weighted by Gasteiger charge is 1.96. The maximum atomic E-state index is 5.68. The van der Waals surface area contributed by atoms with E-state index in [1.165, 1.54) is 5.56 Å². The van der Waals surface area contributed by atoms with Crippen LogP contribution in [-0.2, 0) is 5.75 Å². The first-order chi connectivity index (χ1) is 5.29. The zero-order valence-corrected chi connectivity index (χ0v) is 7.74. The molecule has 0 fully saturated rings. The molecule has 0 nitrogen and oxygen atoms in total. The van der Waals surface area contributed by atoms with Crippen molar-refractivity contribution in [3.8, 4) is 0 Å². The monoisotopic (exact) mass is 185 g/mol. The third-order valence-electron chi connectivity index (χ3n) is 1.27. The molecule has 1 radical (unpaired) electrons. The predicted octanol–water partition coefficient (Wildman–Crippen LogP) is 3.32. The highest BCUT2D eigenvalue weighted by Crippen LogP contribution is 2.19. The average Bonchev–Trinajstić information content (AvgIpc) is 2.03. The van der Waals surface area contributed by atoms with Gasteiger partial charge in [-0.15, -0.1) is 23.4 Å². The van der Waals surface area contributed by atoms with E-state index in [4.69, 9.17) is 11.6 Å². The highest BCUT2D eigenvalue weighted by atomic mass is 35.5. The van der Waals surface area contributed by atoms with E-state index < -0.39 is 0 Å². The standard InChI is InChI=1S/C9H10ClS/c1-8(10)11-7-9-5-3-2-4-6-9/h2-6,8H,1,7H2. The normalized spacial score (nSPS) is 12.9. The number of hydrogen-bond donors (Lipinski definition) is 0. The van der Waals surface area contributed by atoms with E-state index in [1.54, 1.807) is 11.8 Å². The van der Waals surface area contributed by atoms with Crippen molar-refractivity contribution in [2.24, 2.45) is 0 Å². The van der Waals surface area contributed by atoms with E-state index in [2.05, 4.69) is 19.1 Å². The van der Waals surface area contributed by atoms with Gasteiger partial charge in [0, 0.05) is 5.75 Å². The summed E-state index contributed by atoms with van der Waals surface area (Å²) in [5, 5.41) is 0. The van der Waals surface area contributed by atoms with Gasteiger partial charge >= 0.3 is 0 Å². The van der Waals surface area contributed by atoms with Crippen LogP contribution in [0.4, 0.5) is 0 Å². The number of thioether (sulfide) groups is 1. The van der Waals surface area contributed by atoms with Crippen LogP contribution in [0.1, 0.15) is 5.56 Å². The molecule has 0 N–H and O–H groups in total. The lowest BCUT2D eigenvalue weighted by molar-refractivity contribution is 1.40. The second-order valence-corrected chi connectivity index (χ2v) is 4.18. The second kappa shape index (κ2) is 4.68. The van der Waals surface area contributed by atoms with Crippen LogP contribution in [0.5, 0.6) is 0 Å². The third-order valence-corrected chi connectivity index (χ3v) is 2.51. The van der Waals surface area contributed by atoms with E-state index in [1.807, 2.05) is 18.2 Å². The maximum Gasteiger partial charge on any atom is 0.0793 e. The SMILES string of the molecule is [CH2]C(Cl)SCc1ccccc1. The molecule has 11 heavy (non-hydrogen) atoms. The first-order valence-electron chi connectivity index (χ1n) is 3.42. The van der Waals surface area contributed by atoms with Crippen molar-refractivity contribution in [1.29, 1.82) is 0 Å². The molecule has 0 aliphatic carbocycles. The minimum absolute atomic E-state index is 0.0461. The lowest BCUT2D eigenvalue weighted by Gasteiger charge is -2.01. The molecule has 1 unspecified atom stereocenters. The van der Waals surface area contributed by atoms with Gasteiger partial charge < -0.3 is 0 Å². The van der Waals surface area contributed by atoms with Gasteiger partial charge in [-0.05, 0) is 12.5 Å². The zero-order chi connectivity index (χ0) is 8.10. The summed E-state index contributed by atoms with van der Waals surface area (Å²) in [6.07, 6.45) is 0. The molecule has 0 aromatic heterocycles. The summed E-state index contributed by atoms with van der Waals surface area (Å²) >= 11 is 7.32. The van der Waals surface area contributed by atoms with Gasteiger partial charge in [0.2, 0.25) is 0 Å². The van der Waals surface area contributed by atoms with Crippen LogP contribution in [0.15, 0.2) is 30.3 Å². The first kappa shape index (κ1) is 8.95. The number of benzene rings is 1. The molecule has 0 amide bonds. The van der Waals surface area contributed by atoms with Crippen LogP contribution in [0.3, 0.4) is 0 Å². The van der Waals surface area contributed by atoms with Crippen molar-refractivity contribution < 1.29 is 0 Å². The van der Waals surface area contributed by atoms with E-state index in [0.29, 0.717) is 0 Å². The number of alkyl halides is 1. The Morgan fingerprint density at radius 2 is 2.00 bits per heavy atom. The quantitative estimate of drug-likeness (QED) is 0.652. The maximum absolute atomic E-state index is 5.68. The molecular weight excluding hydrogens is 176 g/mol. The minimum Gasteiger partial charge on any atom is -0.138 e. The highest BCUT2D eigenvalue weighted by molar-refractivity contribution is 8.00. The van der Waals surface area contributed by atoms with Gasteiger partial charge in [-0.25, -0.2) is 0 Å². The lowest BCUT2D eigenvalue weighted by atomic mass is 10.2. The Bertz CT molecular complexity index is 196. The van der Waals surface area contributed by atoms with Gasteiger partial charge in [0.05, 0.1) is 4.71 Å². The fourth-order valence-corrected chi connectivity index (χ4v) is 1.52. The number of rotatable bonds is 3. The van der Waals surface area contributed by atoms with Crippen molar-refractivity contribution in [2.75, 3.05) is 0 Å². The molecule has 1 aromatic rings. The van der Waals surface area contributed by atoms with Crippen LogP contribution in [0, 0.1) is 6.92 Å². The molecule has 1 atom stereocenters. The van der Waals surface area contributed by atoms with E-state index in [0.717, 1.165) is 5.75 Å². The minimum atomic E-state index is -0.0461. The summed E-state index contributed by atoms with van der Waals surface area (Å²) in [6, 6.07) is 10.2. The topological polar surface area (TPSA) is 0 Å². The summed E-state index contributed by atoms with van der Waals surface area (Å²) in [5.74, 6) is 0.943. The molecule has 1 aromatic carbocycles. The van der Waals surface area contributed by atoms with Crippen LogP contribution in [-0.4, -0.2) is 4.71 Å². The van der Waals surface area contributed by atoms with Crippen molar-refractivity contribution in [2.45, 2.75) is 10.5 Å². The average molecular weight is 186 g/mol. The van der Waals surface area contributed by atoms with Crippen molar-refractivity contribution >= 4 is 23.4 Å². The number of hydrogen-bond acceptors (Lipinski definition) is 1. The summed E-state index contributed by atoms with van der Waals surface area (Å²) in [7, 11) is 0. The summed E-state index contributed by atoms with van der Waals surface area (Å²) in [6.45, 7) is 3.68. The van der Waals surface area contributed by atoms with Crippen LogP contribution >= 0.6 is 23.4 Å². The summed E-state index contributed by atoms with van der Waals surface area (Å²) in [5.41, 5.74) is 1.30. The Morgan fingerprint density at radius 1 is 1.36 bits per heavy atom. The molecule has 0 bridgehead atoms. The fraction of sp³-hybridized carbons (Fsp3) is 0.222. The van der Waals surface area contributed by atoms with Gasteiger partial charge in [0.15, 0.2) is 0 Å². The third kappa shape index (κ3) is 3.68. The molecule has 0 saturated heterocycles. The molecule has 0 aliphatic rings. The van der Waals surface area contributed by atoms with Gasteiger partial charge in [-0.1, -0.05) is 30.3 Å². The van der Waals surface area contributed by atoms with Crippen molar-refractivity contribution in [3.63, 3.8) is 0 Å². The molecule has 0 aliphatic heterocycles. The van der Waals surface area contributed by atoms with Crippen LogP contribution in [0.2, 0.25) is 0 Å². The summed E-state index contributed by atoms with van der Waals surface area (Å²) in [4.78, 5) is 0. The van der Waals surface area contributed by atoms with Gasteiger partial charge in [-0.3, -0.25) is 0 Å². The Labute approximate surface area is 77.0 Å². The molecule has 0 heterocycles. The summed E-state index contributed by atoms with van der Waals surface area (Å²) < 4.78 is -0.0461. The molecule has 2 heteroatoms. The largest absolute Gasteiger partial charge is 0.138 e. The molecule has 0 saturated carbocycles. The second-order valence-electron chi connectivity index (χ2n) is 2.21. The van der Waals surface area contributed by atoms with Crippen LogP contribution < -0.4 is 0 Å². The van der Waals surface area contributed by atoms with E-state index in [9.17, 15) is 0 Å². The van der Waals surface area contributed by atoms with Gasteiger partial charge in [0.1, 0.15) is 0 Å². The van der Waals surface area contributed by atoms with Crippen LogP contribution in [0.25, 0.3) is 0 Å². The Kier molecular flexibility index (Phi) is 3.81. The number of halogens is 1. The van der Waals surface area contributed by atoms with E-state index >= 15 is 0 Å². The molecule has 1 rings (SSSR count). The Hall–Kier alpha value is -0.140. The zero-order valence-electron chi connectivity index (χ0n) is 6.16.